The van der Waals surface area contributed by atoms with Gasteiger partial charge >= 0.3 is 5.97 Å². The third-order valence-corrected chi connectivity index (χ3v) is 6.47. The van der Waals surface area contributed by atoms with E-state index >= 15 is 0 Å². The molecule has 1 aliphatic heterocycles. The number of nitriles is 1. The smallest absolute Gasteiger partial charge is 0.337 e. The fourth-order valence-corrected chi connectivity index (χ4v) is 4.63. The van der Waals surface area contributed by atoms with Gasteiger partial charge in [-0.15, -0.1) is 0 Å². The van der Waals surface area contributed by atoms with Crippen molar-refractivity contribution in [3.63, 3.8) is 0 Å². The molecule has 1 fully saturated rings. The summed E-state index contributed by atoms with van der Waals surface area (Å²) in [6, 6.07) is 10.1. The number of piperidine rings is 1. The van der Waals surface area contributed by atoms with Gasteiger partial charge in [-0.1, -0.05) is 0 Å². The zero-order chi connectivity index (χ0) is 23.5. The van der Waals surface area contributed by atoms with Crippen LogP contribution >= 0.6 is 0 Å². The fourth-order valence-electron chi connectivity index (χ4n) is 3.37. The minimum atomic E-state index is -4.30. The first-order valence-electron chi connectivity index (χ1n) is 9.56. The van der Waals surface area contributed by atoms with Gasteiger partial charge in [-0.2, -0.15) is 5.26 Å². The van der Waals surface area contributed by atoms with Crippen molar-refractivity contribution in [1.29, 1.82) is 5.26 Å². The van der Waals surface area contributed by atoms with Crippen LogP contribution in [0.25, 0.3) is 0 Å². The second-order valence-corrected chi connectivity index (χ2v) is 8.80. The molecule has 0 amide bonds. The van der Waals surface area contributed by atoms with E-state index < -0.39 is 21.9 Å². The molecule has 0 radical (unpaired) electrons. The predicted octanol–water partition coefficient (Wildman–Crippen LogP) is 3.39. The van der Waals surface area contributed by atoms with Crippen LogP contribution in [0.4, 0.5) is 20.2 Å². The number of halogens is 2. The summed E-state index contributed by atoms with van der Waals surface area (Å²) in [6.07, 6.45) is -0.734. The first-order valence-corrected chi connectivity index (χ1v) is 11.0. The molecule has 1 heterocycles. The lowest BCUT2D eigenvalue weighted by Crippen LogP contribution is -2.39. The number of carbonyl (C=O) groups is 1. The summed E-state index contributed by atoms with van der Waals surface area (Å²) in [5, 5.41) is 9.24. The van der Waals surface area contributed by atoms with Crippen molar-refractivity contribution < 1.29 is 31.5 Å². The van der Waals surface area contributed by atoms with Crippen LogP contribution in [-0.4, -0.2) is 47.6 Å². The summed E-state index contributed by atoms with van der Waals surface area (Å²) < 4.78 is 65.8. The molecule has 11 heteroatoms. The van der Waals surface area contributed by atoms with E-state index in [1.807, 2.05) is 6.07 Å². The molecule has 0 atom stereocenters. The van der Waals surface area contributed by atoms with Crippen LogP contribution in [0.5, 0.6) is 5.75 Å². The Bertz CT molecular complexity index is 1170. The van der Waals surface area contributed by atoms with E-state index in [0.717, 1.165) is 6.07 Å². The van der Waals surface area contributed by atoms with Gasteiger partial charge in [0.25, 0.3) is 15.9 Å². The number of nitrogens with one attached hydrogen (secondary N) is 1. The molecule has 32 heavy (non-hydrogen) atoms. The highest BCUT2D eigenvalue weighted by molar-refractivity contribution is 7.92. The van der Waals surface area contributed by atoms with Crippen molar-refractivity contribution in [1.82, 2.24) is 0 Å². The monoisotopic (exact) mass is 465 g/mol. The molecule has 2 aromatic rings. The minimum absolute atomic E-state index is 0.00191. The summed E-state index contributed by atoms with van der Waals surface area (Å²) in [7, 11) is -1.85. The minimum Gasteiger partial charge on any atom is -0.495 e. The molecule has 0 saturated carbocycles. The lowest BCUT2D eigenvalue weighted by molar-refractivity contribution is -0.0220. The van der Waals surface area contributed by atoms with E-state index in [1.54, 1.807) is 4.90 Å². The first kappa shape index (κ1) is 23.3. The number of anilines is 2. The first-order chi connectivity index (χ1) is 15.1. The SMILES string of the molecule is COC(=O)c1ccc(OC)c(S(=O)(=O)Nc2cc(C#N)ccc2N2CCC(F)(F)CC2)c1. The topological polar surface area (TPSA) is 109 Å². The molecule has 8 nitrogen and oxygen atoms in total. The fraction of sp³-hybridized carbons (Fsp3) is 0.333. The van der Waals surface area contributed by atoms with Crippen molar-refractivity contribution in [3.8, 4) is 11.8 Å². The molecule has 3 rings (SSSR count). The second kappa shape index (κ2) is 9.00. The van der Waals surface area contributed by atoms with Crippen LogP contribution < -0.4 is 14.4 Å². The number of benzene rings is 2. The maximum Gasteiger partial charge on any atom is 0.337 e. The van der Waals surface area contributed by atoms with Crippen molar-refractivity contribution in [2.75, 3.05) is 36.9 Å². The van der Waals surface area contributed by atoms with E-state index in [4.69, 9.17) is 4.74 Å². The molecule has 0 aliphatic carbocycles. The van der Waals surface area contributed by atoms with Crippen LogP contribution in [0, 0.1) is 11.3 Å². The van der Waals surface area contributed by atoms with Gasteiger partial charge in [0.2, 0.25) is 0 Å². The van der Waals surface area contributed by atoms with Gasteiger partial charge in [0.05, 0.1) is 42.8 Å². The Kier molecular flexibility index (Phi) is 6.55. The zero-order valence-electron chi connectivity index (χ0n) is 17.4. The Labute approximate surface area is 184 Å². The number of alkyl halides is 2. The Hall–Kier alpha value is -3.39. The second-order valence-electron chi connectivity index (χ2n) is 7.15. The maximum absolute atomic E-state index is 13.6. The number of nitrogens with zero attached hydrogens (tertiary/aromatic N) is 2. The molecule has 2 aromatic carbocycles. The lowest BCUT2D eigenvalue weighted by atomic mass is 10.1. The van der Waals surface area contributed by atoms with Crippen molar-refractivity contribution in [3.05, 3.63) is 47.5 Å². The van der Waals surface area contributed by atoms with Gasteiger partial charge in [0.15, 0.2) is 0 Å². The number of ether oxygens (including phenoxy) is 2. The third kappa shape index (κ3) is 4.91. The normalized spacial score (nSPS) is 15.5. The average molecular weight is 465 g/mol. The number of hydrogen-bond acceptors (Lipinski definition) is 7. The standard InChI is InChI=1S/C21H21F2N3O5S/c1-30-18-6-4-15(20(27)31-2)12-19(18)32(28,29)25-16-11-14(13-24)3-5-17(16)26-9-7-21(22,23)8-10-26/h3-6,11-12,25H,7-10H2,1-2H3. The lowest BCUT2D eigenvalue weighted by Gasteiger charge is -2.34. The number of sulfonamides is 1. The van der Waals surface area contributed by atoms with E-state index in [0.29, 0.717) is 5.69 Å². The number of methoxy groups -OCH3 is 2. The average Bonchev–Trinajstić information content (AvgIpc) is 2.78. The van der Waals surface area contributed by atoms with Gasteiger partial charge < -0.3 is 14.4 Å². The van der Waals surface area contributed by atoms with Crippen LogP contribution in [0.1, 0.15) is 28.8 Å². The van der Waals surface area contributed by atoms with Gasteiger partial charge in [-0.25, -0.2) is 22.0 Å². The molecule has 0 aromatic heterocycles. The number of hydrogen-bond donors (Lipinski definition) is 1. The molecular formula is C21H21F2N3O5S. The number of esters is 1. The molecule has 170 valence electrons. The number of carbonyl (C=O) groups excluding carboxylic acids is 1. The Morgan fingerprint density at radius 3 is 2.44 bits per heavy atom. The maximum atomic E-state index is 13.6. The van der Waals surface area contributed by atoms with E-state index in [1.165, 1.54) is 44.6 Å². The van der Waals surface area contributed by atoms with E-state index in [2.05, 4.69) is 9.46 Å². The summed E-state index contributed by atoms with van der Waals surface area (Å²) in [5.41, 5.74) is 0.605. The molecule has 1 N–H and O–H groups in total. The van der Waals surface area contributed by atoms with Gasteiger partial charge in [0, 0.05) is 25.9 Å². The van der Waals surface area contributed by atoms with Gasteiger partial charge in [-0.3, -0.25) is 4.72 Å². The van der Waals surface area contributed by atoms with Crippen LogP contribution in [0.2, 0.25) is 0 Å². The molecule has 0 spiro atoms. The third-order valence-electron chi connectivity index (χ3n) is 5.08. The van der Waals surface area contributed by atoms with E-state index in [9.17, 15) is 27.3 Å². The highest BCUT2D eigenvalue weighted by atomic mass is 32.2. The van der Waals surface area contributed by atoms with E-state index in [-0.39, 0.29) is 53.4 Å². The van der Waals surface area contributed by atoms with Gasteiger partial charge in [0.1, 0.15) is 10.6 Å². The van der Waals surface area contributed by atoms with Crippen molar-refractivity contribution in [2.24, 2.45) is 0 Å². The molecule has 0 bridgehead atoms. The highest BCUT2D eigenvalue weighted by Crippen LogP contribution is 2.36. The number of rotatable bonds is 6. The summed E-state index contributed by atoms with van der Waals surface area (Å²) in [4.78, 5) is 13.2. The summed E-state index contributed by atoms with van der Waals surface area (Å²) in [5.74, 6) is -3.52. The quantitative estimate of drug-likeness (QED) is 0.652. The zero-order valence-corrected chi connectivity index (χ0v) is 18.2. The predicted molar refractivity (Wildman–Crippen MR) is 113 cm³/mol. The highest BCUT2D eigenvalue weighted by Gasteiger charge is 2.35. The summed E-state index contributed by atoms with van der Waals surface area (Å²) in [6.45, 7) is 0.0452. The van der Waals surface area contributed by atoms with Crippen LogP contribution in [0.15, 0.2) is 41.3 Å². The Morgan fingerprint density at radius 2 is 1.84 bits per heavy atom. The van der Waals surface area contributed by atoms with Crippen LogP contribution in [0.3, 0.4) is 0 Å². The Balaban J connectivity index is 2.02. The largest absolute Gasteiger partial charge is 0.495 e. The van der Waals surface area contributed by atoms with Crippen molar-refractivity contribution >= 4 is 27.4 Å². The van der Waals surface area contributed by atoms with Gasteiger partial charge in [-0.05, 0) is 36.4 Å². The molecule has 0 unspecified atom stereocenters. The molecular weight excluding hydrogens is 444 g/mol. The molecule has 1 aliphatic rings. The Morgan fingerprint density at radius 1 is 1.16 bits per heavy atom. The van der Waals surface area contributed by atoms with Crippen molar-refractivity contribution in [2.45, 2.75) is 23.7 Å². The van der Waals surface area contributed by atoms with Crippen LogP contribution in [-0.2, 0) is 14.8 Å². The molecule has 1 saturated heterocycles. The summed E-state index contributed by atoms with van der Waals surface area (Å²) >= 11 is 0.